The molecule has 2 N–H and O–H groups in total. The number of methoxy groups -OCH3 is 1. The van der Waals surface area contributed by atoms with Crippen LogP contribution in [0.1, 0.15) is 48.4 Å². The number of pyridine rings is 1. The summed E-state index contributed by atoms with van der Waals surface area (Å²) in [6, 6.07) is 11.5. The van der Waals surface area contributed by atoms with E-state index in [2.05, 4.69) is 15.3 Å². The highest BCUT2D eigenvalue weighted by Crippen LogP contribution is 2.57. The molecule has 4 aromatic rings. The van der Waals surface area contributed by atoms with Crippen LogP contribution in [0, 0.1) is 6.92 Å². The number of aromatic nitrogens is 4. The average molecular weight is 582 g/mol. The number of hydrogen-bond donors (Lipinski definition) is 2. The van der Waals surface area contributed by atoms with Crippen molar-refractivity contribution in [3.05, 3.63) is 71.0 Å². The molecule has 0 radical (unpaired) electrons. The summed E-state index contributed by atoms with van der Waals surface area (Å²) in [6.07, 6.45) is 2.84. The van der Waals surface area contributed by atoms with Crippen molar-refractivity contribution in [3.8, 4) is 11.5 Å². The quantitative estimate of drug-likeness (QED) is 0.272. The van der Waals surface area contributed by atoms with Crippen molar-refractivity contribution in [3.63, 3.8) is 0 Å². The van der Waals surface area contributed by atoms with Crippen molar-refractivity contribution in [2.45, 2.75) is 50.7 Å². The fraction of sp³-hybridized carbons (Fsp3) is 0.379. The molecule has 2 atom stereocenters. The lowest BCUT2D eigenvalue weighted by Gasteiger charge is -2.41. The van der Waals surface area contributed by atoms with E-state index in [9.17, 15) is 13.9 Å². The van der Waals surface area contributed by atoms with Crippen LogP contribution in [0.5, 0.6) is 11.5 Å². The molecule has 0 amide bonds. The molecule has 11 nitrogen and oxygen atoms in total. The molecule has 0 bridgehead atoms. The van der Waals surface area contributed by atoms with E-state index in [1.165, 1.54) is 6.20 Å². The molecule has 1 aliphatic heterocycles. The van der Waals surface area contributed by atoms with Gasteiger partial charge in [-0.3, -0.25) is 18.9 Å². The van der Waals surface area contributed by atoms with Gasteiger partial charge in [0.1, 0.15) is 33.5 Å². The molecule has 0 fully saturated rings. The zero-order valence-electron chi connectivity index (χ0n) is 23.8. The highest BCUT2D eigenvalue weighted by atomic mass is 32.3. The van der Waals surface area contributed by atoms with E-state index < -0.39 is 10.8 Å². The average Bonchev–Trinajstić information content (AvgIpc) is 3.28. The monoisotopic (exact) mass is 581 g/mol. The number of hydrogen-bond acceptors (Lipinski definition) is 10. The van der Waals surface area contributed by atoms with Crippen molar-refractivity contribution in [2.24, 2.45) is 7.05 Å². The Balaban J connectivity index is 1.55. The number of esters is 1. The fourth-order valence-corrected chi connectivity index (χ4v) is 6.83. The molecule has 5 rings (SSSR count). The number of benzene rings is 2. The van der Waals surface area contributed by atoms with Gasteiger partial charge >= 0.3 is 5.97 Å². The summed E-state index contributed by atoms with van der Waals surface area (Å²) in [5, 5.41) is 8.41. The van der Waals surface area contributed by atoms with Gasteiger partial charge < -0.3 is 14.2 Å². The third-order valence-corrected chi connectivity index (χ3v) is 9.19. The highest BCUT2D eigenvalue weighted by Gasteiger charge is 2.34. The number of ether oxygens (including phenoxy) is 3. The standard InChI is InChI=1S/C29H35N5O6S/c1-6-39-28(35)14-23(21-12-24-29(26(13-21)38-5)33(4)32-31-24)20-8-7-18(2)22(11-20)17-34-16-19(3)40-25-9-10-30-15-27(25)41(34,36)37/h7-13,15,19,23,36-37H,6,14,16-17H2,1-5H3. The van der Waals surface area contributed by atoms with Crippen LogP contribution in [0.3, 0.4) is 0 Å². The molecule has 0 saturated carbocycles. The number of carbonyl (C=O) groups excluding carboxylic acids is 1. The molecular weight excluding hydrogens is 546 g/mol. The van der Waals surface area contributed by atoms with Crippen LogP contribution in [0.4, 0.5) is 0 Å². The molecule has 2 aromatic heterocycles. The second kappa shape index (κ2) is 11.6. The summed E-state index contributed by atoms with van der Waals surface area (Å²) in [7, 11) is 0.0180. The minimum absolute atomic E-state index is 0.105. The molecule has 3 heterocycles. The van der Waals surface area contributed by atoms with Crippen LogP contribution < -0.4 is 9.47 Å². The maximum atomic E-state index is 12.8. The summed E-state index contributed by atoms with van der Waals surface area (Å²) in [6.45, 7) is 6.49. The van der Waals surface area contributed by atoms with E-state index in [4.69, 9.17) is 14.2 Å². The highest BCUT2D eigenvalue weighted by molar-refractivity contribution is 8.22. The lowest BCUT2D eigenvalue weighted by atomic mass is 9.86. The van der Waals surface area contributed by atoms with E-state index in [-0.39, 0.29) is 42.5 Å². The fourth-order valence-electron chi connectivity index (χ4n) is 5.22. The van der Waals surface area contributed by atoms with Crippen LogP contribution in [0.2, 0.25) is 0 Å². The van der Waals surface area contributed by atoms with Gasteiger partial charge in [0.25, 0.3) is 0 Å². The summed E-state index contributed by atoms with van der Waals surface area (Å²) >= 11 is 0. The molecule has 218 valence electrons. The maximum Gasteiger partial charge on any atom is 0.306 e. The van der Waals surface area contributed by atoms with Crippen molar-refractivity contribution < 1.29 is 28.1 Å². The van der Waals surface area contributed by atoms with Gasteiger partial charge in [0, 0.05) is 31.8 Å². The topological polar surface area (TPSA) is 132 Å². The van der Waals surface area contributed by atoms with Crippen molar-refractivity contribution in [1.29, 1.82) is 0 Å². The first-order valence-corrected chi connectivity index (χ1v) is 14.9. The first-order chi connectivity index (χ1) is 19.6. The number of rotatable bonds is 8. The molecule has 2 aromatic carbocycles. The molecule has 0 aliphatic carbocycles. The summed E-state index contributed by atoms with van der Waals surface area (Å²) in [5.74, 6) is 0.328. The van der Waals surface area contributed by atoms with E-state index in [1.807, 2.05) is 44.2 Å². The number of aryl methyl sites for hydroxylation is 2. The van der Waals surface area contributed by atoms with E-state index >= 15 is 0 Å². The number of nitrogens with zero attached hydrogens (tertiary/aromatic N) is 5. The van der Waals surface area contributed by atoms with Crippen LogP contribution in [-0.2, 0) is 23.1 Å². The predicted octanol–water partition coefficient (Wildman–Crippen LogP) is 5.07. The zero-order chi connectivity index (χ0) is 29.3. The lowest BCUT2D eigenvalue weighted by Crippen LogP contribution is -2.33. The minimum atomic E-state index is -3.37. The Morgan fingerprint density at radius 1 is 1.22 bits per heavy atom. The maximum absolute atomic E-state index is 12.8. The van der Waals surface area contributed by atoms with Gasteiger partial charge in [0.05, 0.1) is 32.9 Å². The Hall–Kier alpha value is -3.71. The van der Waals surface area contributed by atoms with Crippen molar-refractivity contribution >= 4 is 27.8 Å². The Kier molecular flexibility index (Phi) is 8.18. The predicted molar refractivity (Wildman–Crippen MR) is 155 cm³/mol. The Labute approximate surface area is 240 Å². The van der Waals surface area contributed by atoms with Crippen LogP contribution in [-0.4, -0.2) is 65.7 Å². The first-order valence-electron chi connectivity index (χ1n) is 13.4. The zero-order valence-corrected chi connectivity index (χ0v) is 24.6. The Morgan fingerprint density at radius 2 is 2.02 bits per heavy atom. The molecule has 0 saturated heterocycles. The second-order valence-corrected chi connectivity index (χ2v) is 12.1. The SMILES string of the molecule is CCOC(=O)CC(c1ccc(C)c(CN2CC(C)Oc3ccncc3S2(O)O)c1)c1cc(OC)c2c(c1)nnn2C. The van der Waals surface area contributed by atoms with Gasteiger partial charge in [-0.15, -0.1) is 15.9 Å². The van der Waals surface area contributed by atoms with E-state index in [1.54, 1.807) is 42.3 Å². The first kappa shape index (κ1) is 28.8. The molecule has 0 spiro atoms. The molecule has 1 aliphatic rings. The van der Waals surface area contributed by atoms with Crippen molar-refractivity contribution in [2.75, 3.05) is 20.3 Å². The van der Waals surface area contributed by atoms with Gasteiger partial charge in [-0.2, -0.15) is 4.31 Å². The Bertz CT molecular complexity index is 1570. The van der Waals surface area contributed by atoms with Crippen molar-refractivity contribution in [1.82, 2.24) is 24.3 Å². The number of fused-ring (bicyclic) bond motifs is 2. The van der Waals surface area contributed by atoms with Gasteiger partial charge in [-0.25, -0.2) is 4.68 Å². The molecule has 12 heteroatoms. The van der Waals surface area contributed by atoms with Gasteiger partial charge in [0.2, 0.25) is 0 Å². The van der Waals surface area contributed by atoms with Gasteiger partial charge in [-0.05, 0) is 55.2 Å². The van der Waals surface area contributed by atoms with Crippen LogP contribution in [0.25, 0.3) is 11.0 Å². The minimum Gasteiger partial charge on any atom is -0.494 e. The number of carbonyl (C=O) groups is 1. The summed E-state index contributed by atoms with van der Waals surface area (Å²) in [4.78, 5) is 17.2. The normalized spacial score (nSPS) is 18.2. The molecule has 41 heavy (non-hydrogen) atoms. The largest absolute Gasteiger partial charge is 0.494 e. The summed E-state index contributed by atoms with van der Waals surface area (Å²) < 4.78 is 43.1. The molecule has 2 unspecified atom stereocenters. The molecular formula is C29H35N5O6S. The third-order valence-electron chi connectivity index (χ3n) is 7.30. The smallest absolute Gasteiger partial charge is 0.306 e. The van der Waals surface area contributed by atoms with Crippen LogP contribution in [0.15, 0.2) is 53.7 Å². The third kappa shape index (κ3) is 5.73. The van der Waals surface area contributed by atoms with Gasteiger partial charge in [-0.1, -0.05) is 23.4 Å². The van der Waals surface area contributed by atoms with Gasteiger partial charge in [0.15, 0.2) is 0 Å². The van der Waals surface area contributed by atoms with Crippen LogP contribution >= 0.6 is 10.8 Å². The van der Waals surface area contributed by atoms with E-state index in [0.29, 0.717) is 23.6 Å². The lowest BCUT2D eigenvalue weighted by molar-refractivity contribution is -0.143. The van der Waals surface area contributed by atoms with E-state index in [0.717, 1.165) is 27.8 Å². The Morgan fingerprint density at radius 3 is 2.78 bits per heavy atom. The summed E-state index contributed by atoms with van der Waals surface area (Å²) in [5.41, 5.74) is 4.99. The second-order valence-electron chi connectivity index (χ2n) is 10.1.